The highest BCUT2D eigenvalue weighted by Gasteiger charge is 2.32. The standard InChI is InChI=1S/C11H14ClN3O/c1-4-10(16)14-6-7(2)15-11(8(14)3)9(12)5-13-15/h4-5,7-8H,1,6H2,2-3H3. The maximum Gasteiger partial charge on any atom is 0.246 e. The number of hydrogen-bond acceptors (Lipinski definition) is 2. The van der Waals surface area contributed by atoms with Crippen molar-refractivity contribution in [2.24, 2.45) is 0 Å². The average Bonchev–Trinajstić information content (AvgIpc) is 2.65. The van der Waals surface area contributed by atoms with Crippen molar-refractivity contribution in [1.82, 2.24) is 14.7 Å². The van der Waals surface area contributed by atoms with E-state index in [2.05, 4.69) is 11.7 Å². The Balaban J connectivity index is 2.43. The van der Waals surface area contributed by atoms with Crippen LogP contribution in [-0.2, 0) is 4.79 Å². The summed E-state index contributed by atoms with van der Waals surface area (Å²) in [6.07, 6.45) is 2.97. The number of hydrogen-bond donors (Lipinski definition) is 0. The van der Waals surface area contributed by atoms with E-state index >= 15 is 0 Å². The maximum atomic E-state index is 11.7. The second-order valence-electron chi connectivity index (χ2n) is 4.04. The van der Waals surface area contributed by atoms with E-state index in [-0.39, 0.29) is 18.0 Å². The Morgan fingerprint density at radius 3 is 3.00 bits per heavy atom. The lowest BCUT2D eigenvalue weighted by molar-refractivity contribution is -0.129. The van der Waals surface area contributed by atoms with Gasteiger partial charge in [0.2, 0.25) is 5.91 Å². The molecule has 0 saturated carbocycles. The van der Waals surface area contributed by atoms with Gasteiger partial charge < -0.3 is 4.90 Å². The molecule has 0 aromatic carbocycles. The van der Waals surface area contributed by atoms with Crippen LogP contribution in [0.5, 0.6) is 0 Å². The number of halogens is 1. The summed E-state index contributed by atoms with van der Waals surface area (Å²) in [6.45, 7) is 8.12. The molecule has 0 aliphatic carbocycles. The molecular weight excluding hydrogens is 226 g/mol. The number of carbonyl (C=O) groups is 1. The SMILES string of the molecule is C=CC(=O)N1CC(C)n2ncc(Cl)c2C1C. The minimum atomic E-state index is -0.0668. The summed E-state index contributed by atoms with van der Waals surface area (Å²) in [4.78, 5) is 13.5. The summed E-state index contributed by atoms with van der Waals surface area (Å²) in [7, 11) is 0. The highest BCUT2D eigenvalue weighted by molar-refractivity contribution is 6.31. The van der Waals surface area contributed by atoms with Crippen LogP contribution in [0.2, 0.25) is 5.02 Å². The highest BCUT2D eigenvalue weighted by atomic mass is 35.5. The molecule has 0 radical (unpaired) electrons. The molecule has 0 N–H and O–H groups in total. The van der Waals surface area contributed by atoms with E-state index in [0.717, 1.165) is 5.69 Å². The molecule has 4 nitrogen and oxygen atoms in total. The Kier molecular flexibility index (Phi) is 2.76. The average molecular weight is 240 g/mol. The highest BCUT2D eigenvalue weighted by Crippen LogP contribution is 2.34. The predicted molar refractivity (Wildman–Crippen MR) is 62.3 cm³/mol. The topological polar surface area (TPSA) is 38.1 Å². The summed E-state index contributed by atoms with van der Waals surface area (Å²) >= 11 is 6.08. The van der Waals surface area contributed by atoms with Crippen LogP contribution < -0.4 is 0 Å². The quantitative estimate of drug-likeness (QED) is 0.705. The van der Waals surface area contributed by atoms with Crippen LogP contribution in [0, 0.1) is 0 Å². The number of rotatable bonds is 1. The third-order valence-electron chi connectivity index (χ3n) is 2.99. The van der Waals surface area contributed by atoms with Crippen molar-refractivity contribution in [1.29, 1.82) is 0 Å². The van der Waals surface area contributed by atoms with Gasteiger partial charge in [0.25, 0.3) is 0 Å². The number of amides is 1. The molecule has 2 heterocycles. The number of nitrogens with zero attached hydrogens (tertiary/aromatic N) is 3. The molecule has 16 heavy (non-hydrogen) atoms. The van der Waals surface area contributed by atoms with E-state index in [1.807, 2.05) is 18.5 Å². The van der Waals surface area contributed by atoms with Gasteiger partial charge in [0.1, 0.15) is 0 Å². The zero-order valence-corrected chi connectivity index (χ0v) is 10.1. The second-order valence-corrected chi connectivity index (χ2v) is 4.45. The summed E-state index contributed by atoms with van der Waals surface area (Å²) in [5, 5.41) is 4.84. The zero-order chi connectivity index (χ0) is 11.9. The van der Waals surface area contributed by atoms with Crippen LogP contribution in [0.1, 0.15) is 31.6 Å². The number of fused-ring (bicyclic) bond motifs is 1. The van der Waals surface area contributed by atoms with Gasteiger partial charge in [-0.05, 0) is 19.9 Å². The van der Waals surface area contributed by atoms with Gasteiger partial charge in [-0.1, -0.05) is 18.2 Å². The van der Waals surface area contributed by atoms with E-state index in [1.54, 1.807) is 11.1 Å². The first-order chi connectivity index (χ1) is 7.56. The molecule has 5 heteroatoms. The molecule has 0 spiro atoms. The first-order valence-corrected chi connectivity index (χ1v) is 5.60. The number of aromatic nitrogens is 2. The lowest BCUT2D eigenvalue weighted by Crippen LogP contribution is -2.42. The molecule has 1 amide bonds. The van der Waals surface area contributed by atoms with Crippen LogP contribution in [-0.4, -0.2) is 27.1 Å². The van der Waals surface area contributed by atoms with Crippen molar-refractivity contribution in [3.05, 3.63) is 29.6 Å². The Labute approximate surface area is 99.5 Å². The molecule has 0 bridgehead atoms. The van der Waals surface area contributed by atoms with E-state index in [0.29, 0.717) is 11.6 Å². The molecule has 1 aromatic rings. The van der Waals surface area contributed by atoms with Gasteiger partial charge in [-0.15, -0.1) is 0 Å². The summed E-state index contributed by atoms with van der Waals surface area (Å²) in [5.74, 6) is -0.0668. The summed E-state index contributed by atoms with van der Waals surface area (Å²) < 4.78 is 1.89. The molecule has 1 aromatic heterocycles. The minimum absolute atomic E-state index is 0.0586. The van der Waals surface area contributed by atoms with Crippen molar-refractivity contribution in [3.8, 4) is 0 Å². The zero-order valence-electron chi connectivity index (χ0n) is 9.35. The van der Waals surface area contributed by atoms with Crippen LogP contribution in [0.3, 0.4) is 0 Å². The Morgan fingerprint density at radius 1 is 1.69 bits per heavy atom. The lowest BCUT2D eigenvalue weighted by atomic mass is 10.1. The van der Waals surface area contributed by atoms with Gasteiger partial charge in [-0.2, -0.15) is 5.10 Å². The third kappa shape index (κ3) is 1.53. The van der Waals surface area contributed by atoms with Crippen molar-refractivity contribution < 1.29 is 4.79 Å². The fourth-order valence-electron chi connectivity index (χ4n) is 2.16. The Bertz CT molecular complexity index is 440. The van der Waals surface area contributed by atoms with Crippen molar-refractivity contribution in [2.45, 2.75) is 25.9 Å². The molecule has 2 rings (SSSR count). The fourth-order valence-corrected chi connectivity index (χ4v) is 2.45. The Hall–Kier alpha value is -1.29. The van der Waals surface area contributed by atoms with Gasteiger partial charge in [0.05, 0.1) is 29.0 Å². The minimum Gasteiger partial charge on any atom is -0.329 e. The monoisotopic (exact) mass is 239 g/mol. The van der Waals surface area contributed by atoms with Crippen LogP contribution in [0.4, 0.5) is 0 Å². The van der Waals surface area contributed by atoms with Gasteiger partial charge in [-0.3, -0.25) is 9.48 Å². The van der Waals surface area contributed by atoms with Crippen LogP contribution >= 0.6 is 11.6 Å². The molecule has 0 saturated heterocycles. The largest absolute Gasteiger partial charge is 0.329 e. The summed E-state index contributed by atoms with van der Waals surface area (Å²) in [5.41, 5.74) is 0.899. The molecule has 86 valence electrons. The molecule has 2 atom stereocenters. The molecule has 1 aliphatic rings. The van der Waals surface area contributed by atoms with Gasteiger partial charge in [0, 0.05) is 6.54 Å². The Morgan fingerprint density at radius 2 is 2.38 bits per heavy atom. The summed E-state index contributed by atoms with van der Waals surface area (Å²) in [6, 6.07) is 0.0827. The van der Waals surface area contributed by atoms with Crippen molar-refractivity contribution >= 4 is 17.5 Å². The molecular formula is C11H14ClN3O. The van der Waals surface area contributed by atoms with Crippen molar-refractivity contribution in [2.75, 3.05) is 6.54 Å². The molecule has 2 unspecified atom stereocenters. The number of carbonyl (C=O) groups excluding carboxylic acids is 1. The third-order valence-corrected chi connectivity index (χ3v) is 3.28. The normalized spacial score (nSPS) is 24.1. The smallest absolute Gasteiger partial charge is 0.246 e. The van der Waals surface area contributed by atoms with E-state index in [9.17, 15) is 4.79 Å². The maximum absolute atomic E-state index is 11.7. The molecule has 0 fully saturated rings. The predicted octanol–water partition coefficient (Wildman–Crippen LogP) is 2.19. The van der Waals surface area contributed by atoms with E-state index in [4.69, 9.17) is 11.6 Å². The van der Waals surface area contributed by atoms with Gasteiger partial charge in [-0.25, -0.2) is 0 Å². The fraction of sp³-hybridized carbons (Fsp3) is 0.455. The van der Waals surface area contributed by atoms with Crippen LogP contribution in [0.25, 0.3) is 0 Å². The van der Waals surface area contributed by atoms with Gasteiger partial charge >= 0.3 is 0 Å². The lowest BCUT2D eigenvalue weighted by Gasteiger charge is -2.37. The first-order valence-electron chi connectivity index (χ1n) is 5.22. The van der Waals surface area contributed by atoms with Crippen molar-refractivity contribution in [3.63, 3.8) is 0 Å². The first kappa shape index (κ1) is 11.2. The second kappa shape index (κ2) is 3.94. The van der Waals surface area contributed by atoms with Crippen LogP contribution in [0.15, 0.2) is 18.9 Å². The van der Waals surface area contributed by atoms with Gasteiger partial charge in [0.15, 0.2) is 0 Å². The van der Waals surface area contributed by atoms with E-state index in [1.165, 1.54) is 6.08 Å². The van der Waals surface area contributed by atoms with E-state index < -0.39 is 0 Å². The molecule has 1 aliphatic heterocycles.